The van der Waals surface area contributed by atoms with E-state index in [0.717, 1.165) is 5.56 Å². The summed E-state index contributed by atoms with van der Waals surface area (Å²) in [5.74, 6) is 1.71. The first kappa shape index (κ1) is 21.0. The number of benzene rings is 1. The maximum absolute atomic E-state index is 12.0. The molecule has 2 rings (SSSR count). The summed E-state index contributed by atoms with van der Waals surface area (Å²) >= 11 is 5.87. The average molecular weight is 366 g/mol. The molecule has 1 aliphatic heterocycles. The molecule has 0 saturated carbocycles. The van der Waals surface area contributed by atoms with Crippen LogP contribution in [0.1, 0.15) is 38.9 Å². The fourth-order valence-corrected chi connectivity index (χ4v) is 2.42. The van der Waals surface area contributed by atoms with E-state index in [1.165, 1.54) is 11.3 Å². The SMILES string of the molecule is C#CC1C(c2ccc(Cl)cc2)OCC(=O)N1CC(=O)OCC.CCC. The van der Waals surface area contributed by atoms with Gasteiger partial charge in [-0.05, 0) is 24.6 Å². The van der Waals surface area contributed by atoms with Crippen LogP contribution in [0, 0.1) is 12.3 Å². The maximum Gasteiger partial charge on any atom is 0.325 e. The second kappa shape index (κ2) is 10.8. The van der Waals surface area contributed by atoms with Crippen molar-refractivity contribution in [2.45, 2.75) is 39.3 Å². The largest absolute Gasteiger partial charge is 0.465 e. The molecule has 0 spiro atoms. The zero-order valence-electron chi connectivity index (χ0n) is 14.8. The quantitative estimate of drug-likeness (QED) is 0.607. The second-order valence-corrected chi connectivity index (χ2v) is 5.86. The van der Waals surface area contributed by atoms with E-state index in [0.29, 0.717) is 5.02 Å². The Morgan fingerprint density at radius 1 is 1.36 bits per heavy atom. The molecule has 2 unspecified atom stereocenters. The molecule has 0 N–H and O–H groups in total. The monoisotopic (exact) mass is 365 g/mol. The van der Waals surface area contributed by atoms with E-state index in [1.807, 2.05) is 0 Å². The number of morpholine rings is 1. The average Bonchev–Trinajstić information content (AvgIpc) is 2.58. The van der Waals surface area contributed by atoms with Gasteiger partial charge < -0.3 is 14.4 Å². The number of esters is 1. The van der Waals surface area contributed by atoms with Crippen LogP contribution < -0.4 is 0 Å². The third kappa shape index (κ3) is 6.08. The van der Waals surface area contributed by atoms with Gasteiger partial charge in [-0.25, -0.2) is 0 Å². The number of nitrogens with zero attached hydrogens (tertiary/aromatic N) is 1. The van der Waals surface area contributed by atoms with E-state index >= 15 is 0 Å². The Labute approximate surface area is 154 Å². The van der Waals surface area contributed by atoms with Crippen LogP contribution in [0.25, 0.3) is 0 Å². The summed E-state index contributed by atoms with van der Waals surface area (Å²) in [5.41, 5.74) is 0.800. The highest BCUT2D eigenvalue weighted by Crippen LogP contribution is 2.29. The molecule has 2 atom stereocenters. The van der Waals surface area contributed by atoms with Crippen molar-refractivity contribution in [2.24, 2.45) is 0 Å². The van der Waals surface area contributed by atoms with Crippen molar-refractivity contribution in [1.29, 1.82) is 0 Å². The Kier molecular flexibility index (Phi) is 9.04. The number of carbonyl (C=O) groups is 2. The zero-order chi connectivity index (χ0) is 18.8. The summed E-state index contributed by atoms with van der Waals surface area (Å²) in [6, 6.07) is 6.34. The summed E-state index contributed by atoms with van der Waals surface area (Å²) < 4.78 is 10.4. The van der Waals surface area contributed by atoms with Gasteiger partial charge >= 0.3 is 5.97 Å². The van der Waals surface area contributed by atoms with E-state index in [4.69, 9.17) is 27.5 Å². The van der Waals surface area contributed by atoms with Gasteiger partial charge in [0.05, 0.1) is 6.61 Å². The molecule has 25 heavy (non-hydrogen) atoms. The fraction of sp³-hybridized carbons (Fsp3) is 0.474. The number of amides is 1. The summed E-state index contributed by atoms with van der Waals surface area (Å²) in [6.45, 7) is 5.88. The minimum Gasteiger partial charge on any atom is -0.465 e. The van der Waals surface area contributed by atoms with Gasteiger partial charge in [-0.15, -0.1) is 6.42 Å². The van der Waals surface area contributed by atoms with Crippen LogP contribution in [0.4, 0.5) is 0 Å². The molecule has 1 fully saturated rings. The first-order chi connectivity index (χ1) is 12.0. The van der Waals surface area contributed by atoms with Crippen LogP contribution >= 0.6 is 11.6 Å². The van der Waals surface area contributed by atoms with Crippen LogP contribution in [0.15, 0.2) is 24.3 Å². The lowest BCUT2D eigenvalue weighted by atomic mass is 9.99. The second-order valence-electron chi connectivity index (χ2n) is 5.43. The molecule has 1 aromatic rings. The molecule has 1 saturated heterocycles. The van der Waals surface area contributed by atoms with Gasteiger partial charge in [0.2, 0.25) is 5.91 Å². The number of ether oxygens (including phenoxy) is 2. The van der Waals surface area contributed by atoms with Gasteiger partial charge in [-0.3, -0.25) is 9.59 Å². The van der Waals surface area contributed by atoms with Gasteiger partial charge in [-0.2, -0.15) is 0 Å². The molecule has 6 heteroatoms. The van der Waals surface area contributed by atoms with Gasteiger partial charge in [0.25, 0.3) is 0 Å². The smallest absolute Gasteiger partial charge is 0.325 e. The van der Waals surface area contributed by atoms with Crippen LogP contribution in [0.3, 0.4) is 0 Å². The van der Waals surface area contributed by atoms with Crippen LogP contribution in [-0.2, 0) is 19.1 Å². The van der Waals surface area contributed by atoms with Crippen LogP contribution in [0.5, 0.6) is 0 Å². The summed E-state index contributed by atoms with van der Waals surface area (Å²) in [5, 5.41) is 0.594. The molecule has 0 radical (unpaired) electrons. The third-order valence-electron chi connectivity index (χ3n) is 3.30. The number of hydrogen-bond donors (Lipinski definition) is 0. The molecular weight excluding hydrogens is 342 g/mol. The first-order valence-corrected chi connectivity index (χ1v) is 8.64. The Bertz CT molecular complexity index is 609. The van der Waals surface area contributed by atoms with E-state index < -0.39 is 18.1 Å². The van der Waals surface area contributed by atoms with Gasteiger partial charge in [-0.1, -0.05) is 49.9 Å². The van der Waals surface area contributed by atoms with E-state index in [2.05, 4.69) is 19.8 Å². The van der Waals surface area contributed by atoms with E-state index in [9.17, 15) is 9.59 Å². The molecule has 1 heterocycles. The minimum absolute atomic E-state index is 0.134. The predicted molar refractivity (Wildman–Crippen MR) is 97.1 cm³/mol. The van der Waals surface area contributed by atoms with Crippen molar-refractivity contribution in [1.82, 2.24) is 4.90 Å². The first-order valence-electron chi connectivity index (χ1n) is 8.26. The highest BCUT2D eigenvalue weighted by Gasteiger charge is 2.37. The molecular formula is C19H24ClNO4. The highest BCUT2D eigenvalue weighted by molar-refractivity contribution is 6.30. The van der Waals surface area contributed by atoms with Crippen molar-refractivity contribution in [3.05, 3.63) is 34.9 Å². The number of rotatable bonds is 4. The van der Waals surface area contributed by atoms with Crippen molar-refractivity contribution >= 4 is 23.5 Å². The van der Waals surface area contributed by atoms with Gasteiger partial charge in [0, 0.05) is 5.02 Å². The summed E-state index contributed by atoms with van der Waals surface area (Å²) in [6.07, 6.45) is 6.31. The number of hydrogen-bond acceptors (Lipinski definition) is 4. The van der Waals surface area contributed by atoms with Crippen molar-refractivity contribution in [2.75, 3.05) is 19.8 Å². The molecule has 0 aliphatic carbocycles. The summed E-state index contributed by atoms with van der Waals surface area (Å²) in [7, 11) is 0. The third-order valence-corrected chi connectivity index (χ3v) is 3.56. The molecule has 5 nitrogen and oxygen atoms in total. The highest BCUT2D eigenvalue weighted by atomic mass is 35.5. The van der Waals surface area contributed by atoms with Gasteiger partial charge in [0.15, 0.2) is 0 Å². The Hall–Kier alpha value is -2.03. The minimum atomic E-state index is -0.674. The predicted octanol–water partition coefficient (Wildman–Crippen LogP) is 3.22. The number of terminal acetylenes is 1. The Morgan fingerprint density at radius 3 is 2.48 bits per heavy atom. The fourth-order valence-electron chi connectivity index (χ4n) is 2.29. The van der Waals surface area contributed by atoms with E-state index in [1.54, 1.807) is 31.2 Å². The van der Waals surface area contributed by atoms with Crippen LogP contribution in [-0.4, -0.2) is 42.6 Å². The Morgan fingerprint density at radius 2 is 1.96 bits per heavy atom. The maximum atomic E-state index is 12.0. The molecule has 1 aliphatic rings. The topological polar surface area (TPSA) is 55.8 Å². The van der Waals surface area contributed by atoms with Crippen molar-refractivity contribution in [3.8, 4) is 12.3 Å². The lowest BCUT2D eigenvalue weighted by Crippen LogP contribution is -2.52. The van der Waals surface area contributed by atoms with Crippen molar-refractivity contribution < 1.29 is 19.1 Å². The standard InChI is InChI=1S/C16H16ClNO4.C3H8/c1-3-13-16(11-5-7-12(17)8-6-11)22-10-14(19)18(13)9-15(20)21-4-2;1-3-2/h1,5-8,13,16H,4,9-10H2,2H3;3H2,1-2H3. The molecule has 0 aromatic heterocycles. The lowest BCUT2D eigenvalue weighted by molar-refractivity contribution is -0.162. The van der Waals surface area contributed by atoms with Gasteiger partial charge in [0.1, 0.15) is 25.3 Å². The molecule has 1 aromatic carbocycles. The van der Waals surface area contributed by atoms with Crippen LogP contribution in [0.2, 0.25) is 5.02 Å². The van der Waals surface area contributed by atoms with E-state index in [-0.39, 0.29) is 25.7 Å². The number of carbonyl (C=O) groups excluding carboxylic acids is 2. The zero-order valence-corrected chi connectivity index (χ0v) is 15.6. The molecule has 0 bridgehead atoms. The summed E-state index contributed by atoms with van der Waals surface area (Å²) in [4.78, 5) is 25.0. The lowest BCUT2D eigenvalue weighted by Gasteiger charge is -2.37. The molecule has 1 amide bonds. The molecule has 136 valence electrons. The Balaban J connectivity index is 0.000000970. The number of halogens is 1. The van der Waals surface area contributed by atoms with Crippen molar-refractivity contribution in [3.63, 3.8) is 0 Å². The normalized spacial score (nSPS) is 19.5.